The van der Waals surface area contributed by atoms with Crippen LogP contribution in [0.1, 0.15) is 6.92 Å². The summed E-state index contributed by atoms with van der Waals surface area (Å²) in [6, 6.07) is 5.82. The first-order chi connectivity index (χ1) is 7.22. The number of fused-ring (bicyclic) bond motifs is 1. The number of halogens is 1. The number of benzene rings is 1. The SMILES string of the molecule is CCOc1nc2cccc(I)c2c(=O)[nH]1. The number of rotatable bonds is 2. The van der Waals surface area contributed by atoms with Crippen LogP contribution in [-0.4, -0.2) is 16.6 Å². The minimum absolute atomic E-state index is 0.159. The minimum atomic E-state index is -0.159. The standard InChI is InChI=1S/C10H9IN2O2/c1-2-15-10-12-7-5-3-4-6(11)8(7)9(14)13-10/h3-5H,2H2,1H3,(H,12,13,14). The van der Waals surface area contributed by atoms with E-state index in [2.05, 4.69) is 32.6 Å². The highest BCUT2D eigenvalue weighted by Crippen LogP contribution is 2.16. The molecule has 0 radical (unpaired) electrons. The summed E-state index contributed by atoms with van der Waals surface area (Å²) in [7, 11) is 0. The van der Waals surface area contributed by atoms with Crippen molar-refractivity contribution in [3.05, 3.63) is 32.1 Å². The van der Waals surface area contributed by atoms with Crippen LogP contribution in [0, 0.1) is 3.57 Å². The molecule has 0 fully saturated rings. The van der Waals surface area contributed by atoms with Crippen LogP contribution >= 0.6 is 22.6 Å². The second-order valence-corrected chi connectivity index (χ2v) is 4.10. The summed E-state index contributed by atoms with van der Waals surface area (Å²) in [5.41, 5.74) is 0.502. The lowest BCUT2D eigenvalue weighted by molar-refractivity contribution is 0.313. The number of nitrogens with zero attached hydrogens (tertiary/aromatic N) is 1. The van der Waals surface area contributed by atoms with E-state index in [9.17, 15) is 4.79 Å². The maximum atomic E-state index is 11.7. The van der Waals surface area contributed by atoms with Gasteiger partial charge in [-0.15, -0.1) is 0 Å². The zero-order valence-electron chi connectivity index (χ0n) is 8.08. The fraction of sp³-hybridized carbons (Fsp3) is 0.200. The number of hydrogen-bond acceptors (Lipinski definition) is 3. The second kappa shape index (κ2) is 4.18. The number of hydrogen-bond donors (Lipinski definition) is 1. The van der Waals surface area contributed by atoms with Gasteiger partial charge in [-0.2, -0.15) is 4.98 Å². The molecular weight excluding hydrogens is 307 g/mol. The maximum Gasteiger partial charge on any atom is 0.296 e. The molecule has 1 aromatic heterocycles. The average molecular weight is 316 g/mol. The number of nitrogens with one attached hydrogen (secondary N) is 1. The van der Waals surface area contributed by atoms with Gasteiger partial charge in [-0.05, 0) is 41.6 Å². The Morgan fingerprint density at radius 3 is 3.07 bits per heavy atom. The molecule has 1 aromatic carbocycles. The molecule has 1 heterocycles. The lowest BCUT2D eigenvalue weighted by atomic mass is 10.2. The summed E-state index contributed by atoms with van der Waals surface area (Å²) in [6.07, 6.45) is 0. The van der Waals surface area contributed by atoms with E-state index in [1.54, 1.807) is 6.07 Å². The Bertz CT molecular complexity index is 551. The third kappa shape index (κ3) is 1.97. The van der Waals surface area contributed by atoms with Gasteiger partial charge in [-0.1, -0.05) is 6.07 Å². The van der Waals surface area contributed by atoms with Crippen molar-refractivity contribution in [2.45, 2.75) is 6.92 Å². The van der Waals surface area contributed by atoms with E-state index in [1.807, 2.05) is 19.1 Å². The molecule has 0 atom stereocenters. The Labute approximate surface area is 99.8 Å². The summed E-state index contributed by atoms with van der Waals surface area (Å²) < 4.78 is 6.06. The van der Waals surface area contributed by atoms with Gasteiger partial charge < -0.3 is 4.74 Å². The summed E-state index contributed by atoms with van der Waals surface area (Å²) in [5.74, 6) is 0. The molecule has 0 aliphatic carbocycles. The molecule has 0 unspecified atom stereocenters. The molecule has 0 saturated heterocycles. The monoisotopic (exact) mass is 316 g/mol. The number of aromatic nitrogens is 2. The van der Waals surface area contributed by atoms with E-state index in [0.717, 1.165) is 3.57 Å². The molecule has 0 aliphatic heterocycles. The molecule has 2 rings (SSSR count). The molecule has 0 spiro atoms. The highest BCUT2D eigenvalue weighted by Gasteiger charge is 2.06. The first kappa shape index (κ1) is 10.4. The third-order valence-corrected chi connectivity index (χ3v) is 2.84. The largest absolute Gasteiger partial charge is 0.465 e. The van der Waals surface area contributed by atoms with Gasteiger partial charge in [0.2, 0.25) is 0 Å². The van der Waals surface area contributed by atoms with Gasteiger partial charge in [0.25, 0.3) is 11.6 Å². The first-order valence-corrected chi connectivity index (χ1v) is 5.61. The lowest BCUT2D eigenvalue weighted by Gasteiger charge is -2.03. The van der Waals surface area contributed by atoms with Gasteiger partial charge in [0, 0.05) is 3.57 Å². The summed E-state index contributed by atoms with van der Waals surface area (Å²) >= 11 is 2.12. The minimum Gasteiger partial charge on any atom is -0.465 e. The molecule has 5 heteroatoms. The predicted molar refractivity (Wildman–Crippen MR) is 66.2 cm³/mol. The fourth-order valence-electron chi connectivity index (χ4n) is 1.33. The summed E-state index contributed by atoms with van der Waals surface area (Å²) in [4.78, 5) is 18.5. The van der Waals surface area contributed by atoms with Gasteiger partial charge in [0.1, 0.15) is 0 Å². The molecular formula is C10H9IN2O2. The van der Waals surface area contributed by atoms with Crippen molar-refractivity contribution in [1.29, 1.82) is 0 Å². The molecule has 0 bridgehead atoms. The van der Waals surface area contributed by atoms with Gasteiger partial charge >= 0.3 is 0 Å². The smallest absolute Gasteiger partial charge is 0.296 e. The van der Waals surface area contributed by atoms with Crippen LogP contribution < -0.4 is 10.3 Å². The van der Waals surface area contributed by atoms with Crippen LogP contribution in [0.5, 0.6) is 6.01 Å². The van der Waals surface area contributed by atoms with Crippen molar-refractivity contribution in [3.8, 4) is 6.01 Å². The van der Waals surface area contributed by atoms with Crippen molar-refractivity contribution in [2.24, 2.45) is 0 Å². The van der Waals surface area contributed by atoms with Crippen LogP contribution in [0.2, 0.25) is 0 Å². The molecule has 1 N–H and O–H groups in total. The van der Waals surface area contributed by atoms with Crippen LogP contribution in [-0.2, 0) is 0 Å². The van der Waals surface area contributed by atoms with Crippen molar-refractivity contribution >= 4 is 33.5 Å². The molecule has 0 amide bonds. The van der Waals surface area contributed by atoms with Crippen molar-refractivity contribution < 1.29 is 4.74 Å². The Hall–Kier alpha value is -1.11. The Morgan fingerprint density at radius 1 is 1.53 bits per heavy atom. The Balaban J connectivity index is 2.73. The zero-order valence-corrected chi connectivity index (χ0v) is 10.2. The highest BCUT2D eigenvalue weighted by atomic mass is 127. The third-order valence-electron chi connectivity index (χ3n) is 1.94. The molecule has 2 aromatic rings. The van der Waals surface area contributed by atoms with Crippen molar-refractivity contribution in [3.63, 3.8) is 0 Å². The molecule has 0 saturated carbocycles. The normalized spacial score (nSPS) is 10.5. The van der Waals surface area contributed by atoms with Crippen LogP contribution in [0.4, 0.5) is 0 Å². The van der Waals surface area contributed by atoms with Gasteiger partial charge in [0.15, 0.2) is 0 Å². The van der Waals surface area contributed by atoms with E-state index in [1.165, 1.54) is 0 Å². The fourth-order valence-corrected chi connectivity index (χ4v) is 2.06. The molecule has 0 aliphatic rings. The van der Waals surface area contributed by atoms with E-state index < -0.39 is 0 Å². The molecule has 78 valence electrons. The van der Waals surface area contributed by atoms with Crippen molar-refractivity contribution in [2.75, 3.05) is 6.61 Å². The van der Waals surface area contributed by atoms with E-state index in [4.69, 9.17) is 4.74 Å². The lowest BCUT2D eigenvalue weighted by Crippen LogP contribution is -2.11. The Kier molecular flexibility index (Phi) is 2.90. The maximum absolute atomic E-state index is 11.7. The average Bonchev–Trinajstić information content (AvgIpc) is 2.17. The van der Waals surface area contributed by atoms with Crippen LogP contribution in [0.15, 0.2) is 23.0 Å². The highest BCUT2D eigenvalue weighted by molar-refractivity contribution is 14.1. The van der Waals surface area contributed by atoms with E-state index in [-0.39, 0.29) is 11.6 Å². The molecule has 4 nitrogen and oxygen atoms in total. The number of aromatic amines is 1. The topological polar surface area (TPSA) is 55.0 Å². The first-order valence-electron chi connectivity index (χ1n) is 4.53. The molecule has 15 heavy (non-hydrogen) atoms. The van der Waals surface area contributed by atoms with E-state index >= 15 is 0 Å². The van der Waals surface area contributed by atoms with Crippen LogP contribution in [0.3, 0.4) is 0 Å². The zero-order chi connectivity index (χ0) is 10.8. The van der Waals surface area contributed by atoms with Gasteiger partial charge in [-0.3, -0.25) is 9.78 Å². The van der Waals surface area contributed by atoms with Gasteiger partial charge in [-0.25, -0.2) is 0 Å². The summed E-state index contributed by atoms with van der Waals surface area (Å²) in [5, 5.41) is 0.613. The Morgan fingerprint density at radius 2 is 2.33 bits per heavy atom. The second-order valence-electron chi connectivity index (χ2n) is 2.94. The summed E-state index contributed by atoms with van der Waals surface area (Å²) in [6.45, 7) is 2.33. The van der Waals surface area contributed by atoms with Crippen molar-refractivity contribution in [1.82, 2.24) is 9.97 Å². The van der Waals surface area contributed by atoms with Crippen LogP contribution in [0.25, 0.3) is 10.9 Å². The van der Waals surface area contributed by atoms with Gasteiger partial charge in [0.05, 0.1) is 17.5 Å². The quantitative estimate of drug-likeness (QED) is 0.862. The van der Waals surface area contributed by atoms with E-state index in [0.29, 0.717) is 17.5 Å². The number of ether oxygens (including phenoxy) is 1. The predicted octanol–water partition coefficient (Wildman–Crippen LogP) is 1.93. The number of H-pyrrole nitrogens is 1.